The standard InChI is InChI=1S/C15H16F2N4O3S2/c16-14(17)13-12(19-20-21(13)10-4-2-1-3-5-10)15(24)18-7-9-26-25-8-6-11(22)23/h1-5,14H,6-9H2,(H,18,24)(H,22,23). The monoisotopic (exact) mass is 402 g/mol. The van der Waals surface area contributed by atoms with Gasteiger partial charge >= 0.3 is 5.97 Å². The van der Waals surface area contributed by atoms with Crippen LogP contribution in [0.5, 0.6) is 0 Å². The van der Waals surface area contributed by atoms with Crippen LogP contribution in [0.3, 0.4) is 0 Å². The molecule has 1 aromatic heterocycles. The Hall–Kier alpha value is -2.14. The van der Waals surface area contributed by atoms with Gasteiger partial charge in [-0.25, -0.2) is 13.5 Å². The van der Waals surface area contributed by atoms with Gasteiger partial charge in [-0.05, 0) is 12.1 Å². The molecule has 26 heavy (non-hydrogen) atoms. The van der Waals surface area contributed by atoms with E-state index in [1.165, 1.54) is 21.6 Å². The van der Waals surface area contributed by atoms with Crippen molar-refractivity contribution in [2.75, 3.05) is 18.1 Å². The molecule has 0 fully saturated rings. The number of carbonyl (C=O) groups excluding carboxylic acids is 1. The fourth-order valence-electron chi connectivity index (χ4n) is 1.94. The molecule has 0 aliphatic heterocycles. The van der Waals surface area contributed by atoms with Crippen molar-refractivity contribution in [1.82, 2.24) is 20.3 Å². The zero-order valence-electron chi connectivity index (χ0n) is 13.5. The Kier molecular flexibility index (Phi) is 7.85. The molecule has 11 heteroatoms. The summed E-state index contributed by atoms with van der Waals surface area (Å²) in [6.45, 7) is 0.241. The Morgan fingerprint density at radius 3 is 2.54 bits per heavy atom. The lowest BCUT2D eigenvalue weighted by Crippen LogP contribution is -2.27. The van der Waals surface area contributed by atoms with E-state index in [9.17, 15) is 18.4 Å². The molecule has 0 bridgehead atoms. The summed E-state index contributed by atoms with van der Waals surface area (Å²) in [6, 6.07) is 8.26. The maximum Gasteiger partial charge on any atom is 0.304 e. The Morgan fingerprint density at radius 2 is 1.88 bits per heavy atom. The van der Waals surface area contributed by atoms with E-state index < -0.39 is 29.7 Å². The van der Waals surface area contributed by atoms with E-state index in [0.717, 1.165) is 4.68 Å². The van der Waals surface area contributed by atoms with Crippen molar-refractivity contribution in [3.8, 4) is 5.69 Å². The number of carboxylic acid groups (broad SMARTS) is 1. The summed E-state index contributed by atoms with van der Waals surface area (Å²) < 4.78 is 27.8. The minimum Gasteiger partial charge on any atom is -0.481 e. The van der Waals surface area contributed by atoms with E-state index in [-0.39, 0.29) is 13.0 Å². The first-order chi connectivity index (χ1) is 12.5. The number of amides is 1. The fourth-order valence-corrected chi connectivity index (χ4v) is 3.83. The van der Waals surface area contributed by atoms with Gasteiger partial charge in [-0.2, -0.15) is 0 Å². The van der Waals surface area contributed by atoms with Gasteiger partial charge in [-0.1, -0.05) is 45.0 Å². The maximum absolute atomic E-state index is 13.4. The van der Waals surface area contributed by atoms with Crippen LogP contribution in [0.1, 0.15) is 29.0 Å². The highest BCUT2D eigenvalue weighted by Gasteiger charge is 2.27. The van der Waals surface area contributed by atoms with Crippen molar-refractivity contribution >= 4 is 33.5 Å². The summed E-state index contributed by atoms with van der Waals surface area (Å²) in [7, 11) is 2.77. The smallest absolute Gasteiger partial charge is 0.304 e. The third-order valence-corrected chi connectivity index (χ3v) is 5.49. The summed E-state index contributed by atoms with van der Waals surface area (Å²) in [5.41, 5.74) is -0.579. The number of rotatable bonds is 10. The average Bonchev–Trinajstić information content (AvgIpc) is 3.06. The molecule has 0 radical (unpaired) electrons. The van der Waals surface area contributed by atoms with Gasteiger partial charge in [0.05, 0.1) is 12.1 Å². The van der Waals surface area contributed by atoms with E-state index in [4.69, 9.17) is 5.11 Å². The molecule has 0 atom stereocenters. The van der Waals surface area contributed by atoms with Gasteiger partial charge in [0, 0.05) is 18.1 Å². The Bertz CT molecular complexity index is 744. The van der Waals surface area contributed by atoms with Gasteiger partial charge in [0.15, 0.2) is 5.69 Å². The molecule has 2 rings (SSSR count). The average molecular weight is 402 g/mol. The molecule has 2 aromatic rings. The number of hydrogen-bond donors (Lipinski definition) is 2. The largest absolute Gasteiger partial charge is 0.481 e. The SMILES string of the molecule is O=C(O)CCSSCCNC(=O)c1nnn(-c2ccccc2)c1C(F)F. The lowest BCUT2D eigenvalue weighted by molar-refractivity contribution is -0.136. The van der Waals surface area contributed by atoms with Gasteiger partial charge in [0.25, 0.3) is 12.3 Å². The number of nitrogens with one attached hydrogen (secondary N) is 1. The van der Waals surface area contributed by atoms with Crippen LogP contribution in [0.15, 0.2) is 30.3 Å². The molecule has 0 aliphatic rings. The molecule has 0 spiro atoms. The number of nitrogens with zero attached hydrogens (tertiary/aromatic N) is 3. The van der Waals surface area contributed by atoms with Gasteiger partial charge in [-0.3, -0.25) is 9.59 Å². The highest BCUT2D eigenvalue weighted by Crippen LogP contribution is 2.24. The van der Waals surface area contributed by atoms with Crippen molar-refractivity contribution < 1.29 is 23.5 Å². The van der Waals surface area contributed by atoms with Crippen molar-refractivity contribution in [2.24, 2.45) is 0 Å². The van der Waals surface area contributed by atoms with Crippen molar-refractivity contribution in [2.45, 2.75) is 12.8 Å². The van der Waals surface area contributed by atoms with Gasteiger partial charge in [-0.15, -0.1) is 5.10 Å². The summed E-state index contributed by atoms with van der Waals surface area (Å²) in [6.07, 6.45) is -2.85. The molecular weight excluding hydrogens is 386 g/mol. The van der Waals surface area contributed by atoms with Gasteiger partial charge < -0.3 is 10.4 Å². The number of aliphatic carboxylic acids is 1. The van der Waals surface area contributed by atoms with Crippen LogP contribution in [-0.2, 0) is 4.79 Å². The number of hydrogen-bond acceptors (Lipinski definition) is 6. The summed E-state index contributed by atoms with van der Waals surface area (Å²) in [5, 5.41) is 18.3. The highest BCUT2D eigenvalue weighted by molar-refractivity contribution is 8.76. The zero-order chi connectivity index (χ0) is 18.9. The van der Waals surface area contributed by atoms with Crippen LogP contribution in [-0.4, -0.2) is 50.0 Å². The number of carbonyl (C=O) groups is 2. The normalized spacial score (nSPS) is 10.9. The fraction of sp³-hybridized carbons (Fsp3) is 0.333. The van der Waals surface area contributed by atoms with Crippen molar-refractivity contribution in [3.63, 3.8) is 0 Å². The second-order valence-corrected chi connectivity index (χ2v) is 7.62. The third kappa shape index (κ3) is 5.70. The van der Waals surface area contributed by atoms with E-state index in [2.05, 4.69) is 15.6 Å². The Labute approximate surface area is 155 Å². The lowest BCUT2D eigenvalue weighted by atomic mass is 10.2. The van der Waals surface area contributed by atoms with Crippen LogP contribution < -0.4 is 5.32 Å². The number of aromatic nitrogens is 3. The number of alkyl halides is 2. The topological polar surface area (TPSA) is 97.1 Å². The number of carboxylic acids is 1. The third-order valence-electron chi connectivity index (χ3n) is 3.08. The van der Waals surface area contributed by atoms with Crippen molar-refractivity contribution in [3.05, 3.63) is 41.7 Å². The summed E-state index contributed by atoms with van der Waals surface area (Å²) in [4.78, 5) is 22.5. The van der Waals surface area contributed by atoms with E-state index in [1.54, 1.807) is 30.3 Å². The Balaban J connectivity index is 1.93. The first kappa shape index (κ1) is 20.2. The minimum atomic E-state index is -2.91. The molecule has 140 valence electrons. The first-order valence-corrected chi connectivity index (χ1v) is 10.0. The molecular formula is C15H16F2N4O3S2. The summed E-state index contributed by atoms with van der Waals surface area (Å²) in [5.74, 6) is -0.632. The van der Waals surface area contributed by atoms with Crippen LogP contribution in [0, 0.1) is 0 Å². The van der Waals surface area contributed by atoms with Crippen LogP contribution in [0.25, 0.3) is 5.69 Å². The quantitative estimate of drug-likeness (QED) is 0.466. The molecule has 1 heterocycles. The zero-order valence-corrected chi connectivity index (χ0v) is 15.1. The van der Waals surface area contributed by atoms with E-state index in [0.29, 0.717) is 17.2 Å². The molecule has 2 N–H and O–H groups in total. The van der Waals surface area contributed by atoms with Crippen LogP contribution in [0.4, 0.5) is 8.78 Å². The first-order valence-electron chi connectivity index (χ1n) is 7.54. The van der Waals surface area contributed by atoms with Crippen LogP contribution >= 0.6 is 21.6 Å². The van der Waals surface area contributed by atoms with E-state index >= 15 is 0 Å². The summed E-state index contributed by atoms with van der Waals surface area (Å²) >= 11 is 0. The molecule has 1 amide bonds. The predicted molar refractivity (Wildman–Crippen MR) is 95.8 cm³/mol. The molecule has 0 saturated carbocycles. The second kappa shape index (κ2) is 10.1. The number of halogens is 2. The molecule has 1 aromatic carbocycles. The predicted octanol–water partition coefficient (Wildman–Crippen LogP) is 2.79. The van der Waals surface area contributed by atoms with Crippen LogP contribution in [0.2, 0.25) is 0 Å². The Morgan fingerprint density at radius 1 is 1.19 bits per heavy atom. The van der Waals surface area contributed by atoms with E-state index in [1.807, 2.05) is 0 Å². The number of para-hydroxylation sites is 1. The second-order valence-electron chi connectivity index (χ2n) is 4.91. The number of benzene rings is 1. The molecule has 0 saturated heterocycles. The molecule has 0 aliphatic carbocycles. The molecule has 7 nitrogen and oxygen atoms in total. The van der Waals surface area contributed by atoms with Crippen molar-refractivity contribution in [1.29, 1.82) is 0 Å². The van der Waals surface area contributed by atoms with Gasteiger partial charge in [0.2, 0.25) is 0 Å². The highest BCUT2D eigenvalue weighted by atomic mass is 33.1. The lowest BCUT2D eigenvalue weighted by Gasteiger charge is -2.07. The molecule has 0 unspecified atom stereocenters. The maximum atomic E-state index is 13.4. The van der Waals surface area contributed by atoms with Gasteiger partial charge in [0.1, 0.15) is 5.69 Å². The minimum absolute atomic E-state index is 0.0599.